The molecule has 2 aromatic carbocycles. The van der Waals surface area contributed by atoms with Gasteiger partial charge in [0.05, 0.1) is 12.3 Å². The molecule has 1 heterocycles. The molecule has 0 amide bonds. The minimum atomic E-state index is -0.348. The summed E-state index contributed by atoms with van der Waals surface area (Å²) >= 11 is 0. The molecule has 5 heteroatoms. The molecule has 148 valence electrons. The van der Waals surface area contributed by atoms with Crippen LogP contribution in [0.15, 0.2) is 48.5 Å². The number of para-hydroxylation sites is 1. The Kier molecular flexibility index (Phi) is 6.82. The van der Waals surface area contributed by atoms with Crippen LogP contribution in [0.5, 0.6) is 5.75 Å². The summed E-state index contributed by atoms with van der Waals surface area (Å²) in [7, 11) is 0. The second kappa shape index (κ2) is 9.51. The molecule has 28 heavy (non-hydrogen) atoms. The molecule has 1 aliphatic rings. The van der Waals surface area contributed by atoms with Gasteiger partial charge in [0.15, 0.2) is 5.78 Å². The topological polar surface area (TPSA) is 32.8 Å². The Bertz CT molecular complexity index is 842. The Hall–Kier alpha value is -2.66. The largest absolute Gasteiger partial charge is 0.493 e. The predicted octanol–water partition coefficient (Wildman–Crippen LogP) is 4.26. The van der Waals surface area contributed by atoms with Gasteiger partial charge in [-0.25, -0.2) is 4.39 Å². The van der Waals surface area contributed by atoms with Crippen LogP contribution in [0.4, 0.5) is 10.1 Å². The molecule has 1 fully saturated rings. The van der Waals surface area contributed by atoms with Crippen LogP contribution < -0.4 is 9.64 Å². The van der Waals surface area contributed by atoms with E-state index in [0.29, 0.717) is 17.9 Å². The second-order valence-corrected chi connectivity index (χ2v) is 6.76. The summed E-state index contributed by atoms with van der Waals surface area (Å²) in [5.41, 5.74) is 1.74. The molecule has 1 aliphatic heterocycles. The van der Waals surface area contributed by atoms with E-state index in [1.807, 2.05) is 36.1 Å². The van der Waals surface area contributed by atoms with E-state index in [4.69, 9.17) is 4.74 Å². The minimum Gasteiger partial charge on any atom is -0.493 e. The molecule has 0 N–H and O–H groups in total. The zero-order valence-electron chi connectivity index (χ0n) is 16.5. The number of piperazine rings is 1. The molecule has 0 saturated carbocycles. The summed E-state index contributed by atoms with van der Waals surface area (Å²) in [4.78, 5) is 16.9. The second-order valence-electron chi connectivity index (χ2n) is 6.76. The lowest BCUT2D eigenvalue weighted by molar-refractivity contribution is 0.104. The third-order valence-corrected chi connectivity index (χ3v) is 5.03. The van der Waals surface area contributed by atoms with Crippen molar-refractivity contribution in [2.24, 2.45) is 0 Å². The molecule has 0 unspecified atom stereocenters. The van der Waals surface area contributed by atoms with Gasteiger partial charge in [-0.3, -0.25) is 4.79 Å². The molecule has 1 saturated heterocycles. The summed E-state index contributed by atoms with van der Waals surface area (Å²) in [6.45, 7) is 9.07. The fraction of sp³-hybridized carbons (Fsp3) is 0.348. The highest BCUT2D eigenvalue weighted by molar-refractivity contribution is 6.07. The summed E-state index contributed by atoms with van der Waals surface area (Å²) in [6.07, 6.45) is 3.18. The van der Waals surface area contributed by atoms with Crippen LogP contribution >= 0.6 is 0 Å². The van der Waals surface area contributed by atoms with E-state index >= 15 is 0 Å². The molecule has 3 rings (SSSR count). The number of rotatable bonds is 7. The van der Waals surface area contributed by atoms with Crippen LogP contribution in [0.3, 0.4) is 0 Å². The van der Waals surface area contributed by atoms with Crippen molar-refractivity contribution in [2.45, 2.75) is 13.8 Å². The van der Waals surface area contributed by atoms with Gasteiger partial charge >= 0.3 is 0 Å². The summed E-state index contributed by atoms with van der Waals surface area (Å²) < 4.78 is 20.2. The van der Waals surface area contributed by atoms with Gasteiger partial charge in [0, 0.05) is 37.3 Å². The van der Waals surface area contributed by atoms with E-state index in [-0.39, 0.29) is 11.6 Å². The van der Waals surface area contributed by atoms with Crippen molar-refractivity contribution in [2.75, 3.05) is 44.2 Å². The average Bonchev–Trinajstić information content (AvgIpc) is 2.73. The van der Waals surface area contributed by atoms with Crippen LogP contribution in [-0.4, -0.2) is 50.0 Å². The smallest absolute Gasteiger partial charge is 0.185 e. The Balaban J connectivity index is 1.71. The number of nitrogens with zero attached hydrogens (tertiary/aromatic N) is 2. The van der Waals surface area contributed by atoms with Gasteiger partial charge in [-0.1, -0.05) is 25.1 Å². The molecule has 0 bridgehead atoms. The molecule has 0 aliphatic carbocycles. The number of halogens is 1. The Morgan fingerprint density at radius 2 is 1.86 bits per heavy atom. The monoisotopic (exact) mass is 382 g/mol. The van der Waals surface area contributed by atoms with Gasteiger partial charge in [-0.05, 0) is 49.9 Å². The van der Waals surface area contributed by atoms with E-state index in [0.717, 1.165) is 44.0 Å². The van der Waals surface area contributed by atoms with Crippen molar-refractivity contribution in [3.63, 3.8) is 0 Å². The zero-order chi connectivity index (χ0) is 19.9. The number of likely N-dealkylation sites (N-methyl/N-ethyl adjacent to an activating group) is 1. The van der Waals surface area contributed by atoms with Gasteiger partial charge in [-0.15, -0.1) is 0 Å². The van der Waals surface area contributed by atoms with E-state index in [1.54, 1.807) is 18.2 Å². The van der Waals surface area contributed by atoms with Crippen LogP contribution in [0.25, 0.3) is 6.08 Å². The highest BCUT2D eigenvalue weighted by atomic mass is 19.1. The summed E-state index contributed by atoms with van der Waals surface area (Å²) in [5, 5.41) is 0. The van der Waals surface area contributed by atoms with E-state index in [9.17, 15) is 9.18 Å². The number of allylic oxidation sites excluding steroid dienone is 1. The standard InChI is InChI=1S/C23H27FN2O2/c1-3-25-13-15-26(16-14-25)21-11-9-19(17-20(21)24)22(27)12-10-18-7-5-6-8-23(18)28-4-2/h5-12,17H,3-4,13-16H2,1-2H3/b12-10+. The predicted molar refractivity (Wildman–Crippen MR) is 112 cm³/mol. The normalized spacial score (nSPS) is 15.2. The maximum absolute atomic E-state index is 14.7. The molecule has 0 atom stereocenters. The third-order valence-electron chi connectivity index (χ3n) is 5.03. The lowest BCUT2D eigenvalue weighted by Crippen LogP contribution is -2.46. The lowest BCUT2D eigenvalue weighted by atomic mass is 10.1. The number of ketones is 1. The zero-order valence-corrected chi connectivity index (χ0v) is 16.5. The number of anilines is 1. The molecule has 0 spiro atoms. The highest BCUT2D eigenvalue weighted by Gasteiger charge is 2.19. The quantitative estimate of drug-likeness (QED) is 0.529. The van der Waals surface area contributed by atoms with Crippen LogP contribution in [0.2, 0.25) is 0 Å². The maximum atomic E-state index is 14.7. The number of ether oxygens (including phenoxy) is 1. The SMILES string of the molecule is CCOc1ccccc1/C=C/C(=O)c1ccc(N2CCN(CC)CC2)c(F)c1. The summed E-state index contributed by atoms with van der Waals surface area (Å²) in [5.74, 6) is 0.147. The third kappa shape index (κ3) is 4.78. The van der Waals surface area contributed by atoms with Crippen molar-refractivity contribution >= 4 is 17.5 Å². The van der Waals surface area contributed by atoms with Crippen LogP contribution in [-0.2, 0) is 0 Å². The number of hydrogen-bond acceptors (Lipinski definition) is 4. The maximum Gasteiger partial charge on any atom is 0.185 e. The van der Waals surface area contributed by atoms with Crippen molar-refractivity contribution in [1.29, 1.82) is 0 Å². The van der Waals surface area contributed by atoms with E-state index in [2.05, 4.69) is 11.8 Å². The average molecular weight is 382 g/mol. The van der Waals surface area contributed by atoms with Crippen molar-refractivity contribution in [3.05, 3.63) is 65.5 Å². The van der Waals surface area contributed by atoms with Gasteiger partial charge in [0.1, 0.15) is 11.6 Å². The minimum absolute atomic E-state index is 0.229. The lowest BCUT2D eigenvalue weighted by Gasteiger charge is -2.35. The van der Waals surface area contributed by atoms with Crippen molar-refractivity contribution in [3.8, 4) is 5.75 Å². The molecule has 4 nitrogen and oxygen atoms in total. The molecular weight excluding hydrogens is 355 g/mol. The van der Waals surface area contributed by atoms with Gasteiger partial charge < -0.3 is 14.5 Å². The highest BCUT2D eigenvalue weighted by Crippen LogP contribution is 2.23. The first-order chi connectivity index (χ1) is 13.6. The molecule has 2 aromatic rings. The number of carbonyl (C=O) groups is 1. The molecular formula is C23H27FN2O2. The number of carbonyl (C=O) groups excluding carboxylic acids is 1. The molecule has 0 aromatic heterocycles. The summed E-state index contributed by atoms with van der Waals surface area (Å²) in [6, 6.07) is 12.3. The fourth-order valence-electron chi connectivity index (χ4n) is 3.39. The Labute approximate surface area is 166 Å². The van der Waals surface area contributed by atoms with E-state index < -0.39 is 0 Å². The first-order valence-corrected chi connectivity index (χ1v) is 9.83. The fourth-order valence-corrected chi connectivity index (χ4v) is 3.39. The van der Waals surface area contributed by atoms with Crippen LogP contribution in [0, 0.1) is 5.82 Å². The van der Waals surface area contributed by atoms with E-state index in [1.165, 1.54) is 12.1 Å². The van der Waals surface area contributed by atoms with Gasteiger partial charge in [0.25, 0.3) is 0 Å². The number of benzene rings is 2. The Morgan fingerprint density at radius 1 is 1.11 bits per heavy atom. The number of hydrogen-bond donors (Lipinski definition) is 0. The Morgan fingerprint density at radius 3 is 2.54 bits per heavy atom. The first-order valence-electron chi connectivity index (χ1n) is 9.83. The van der Waals surface area contributed by atoms with Gasteiger partial charge in [0.2, 0.25) is 0 Å². The first kappa shape index (κ1) is 20.1. The van der Waals surface area contributed by atoms with Crippen molar-refractivity contribution in [1.82, 2.24) is 4.90 Å². The molecule has 0 radical (unpaired) electrons. The van der Waals surface area contributed by atoms with Gasteiger partial charge in [-0.2, -0.15) is 0 Å². The van der Waals surface area contributed by atoms with Crippen molar-refractivity contribution < 1.29 is 13.9 Å². The van der Waals surface area contributed by atoms with Crippen LogP contribution in [0.1, 0.15) is 29.8 Å².